The number of halogens is 2. The van der Waals surface area contributed by atoms with Crippen molar-refractivity contribution < 1.29 is 57.2 Å². The van der Waals surface area contributed by atoms with E-state index in [4.69, 9.17) is 27.9 Å². The maximum atomic E-state index is 13.5. The molecule has 0 atom stereocenters. The second-order valence-corrected chi connectivity index (χ2v) is 10.2. The smallest absolute Gasteiger partial charge is 0.870 e. The molecule has 0 saturated carbocycles. The molecule has 0 unspecified atom stereocenters. The van der Waals surface area contributed by atoms with Gasteiger partial charge in [0.05, 0.1) is 17.8 Å². The van der Waals surface area contributed by atoms with Gasteiger partial charge >= 0.3 is 29.6 Å². The number of nitrogens with zero attached hydrogens (tertiary/aromatic N) is 2. The summed E-state index contributed by atoms with van der Waals surface area (Å²) in [6.45, 7) is 1.80. The number of hydrogen-bond donors (Lipinski definition) is 2. The van der Waals surface area contributed by atoms with Gasteiger partial charge in [-0.3, -0.25) is 9.35 Å². The van der Waals surface area contributed by atoms with E-state index in [-0.39, 0.29) is 62.2 Å². The maximum Gasteiger partial charge on any atom is 1.00 e. The number of amides is 1. The number of fused-ring (bicyclic) bond motifs is 1. The molecule has 0 fully saturated rings. The van der Waals surface area contributed by atoms with Gasteiger partial charge in [-0.2, -0.15) is 13.5 Å². The van der Waals surface area contributed by atoms with E-state index in [9.17, 15) is 22.9 Å². The van der Waals surface area contributed by atoms with Gasteiger partial charge < -0.3 is 15.2 Å². The average molecular weight is 596 g/mol. The van der Waals surface area contributed by atoms with Crippen LogP contribution in [-0.4, -0.2) is 26.0 Å². The van der Waals surface area contributed by atoms with Crippen molar-refractivity contribution in [2.45, 2.75) is 18.2 Å². The summed E-state index contributed by atoms with van der Waals surface area (Å²) >= 11 is 12.3. The number of aryl methyl sites for hydroxylation is 1. The summed E-state index contributed by atoms with van der Waals surface area (Å²) in [6, 6.07) is 15.3. The molecule has 0 radical (unpaired) electrons. The molecule has 0 aromatic heterocycles. The number of ether oxygens (including phenoxy) is 1. The van der Waals surface area contributed by atoms with Crippen molar-refractivity contribution in [2.24, 2.45) is 10.2 Å². The fourth-order valence-corrected chi connectivity index (χ4v) is 5.01. The zero-order valence-electron chi connectivity index (χ0n) is 21.0. The van der Waals surface area contributed by atoms with Crippen molar-refractivity contribution in [1.29, 1.82) is 0 Å². The van der Waals surface area contributed by atoms with Crippen LogP contribution in [0, 0.1) is 0 Å². The predicted octanol–water partition coefficient (Wildman–Crippen LogP) is 3.71. The van der Waals surface area contributed by atoms with E-state index >= 15 is 0 Å². The van der Waals surface area contributed by atoms with Gasteiger partial charge in [0.2, 0.25) is 0 Å². The molecule has 13 heteroatoms. The summed E-state index contributed by atoms with van der Waals surface area (Å²) in [5.41, 5.74) is 0.0759. The van der Waals surface area contributed by atoms with E-state index in [0.717, 1.165) is 6.07 Å². The van der Waals surface area contributed by atoms with E-state index < -0.39 is 26.7 Å². The molecule has 9 nitrogen and oxygen atoms in total. The summed E-state index contributed by atoms with van der Waals surface area (Å²) in [5, 5.41) is 25.3. The van der Waals surface area contributed by atoms with Crippen LogP contribution >= 0.6 is 23.2 Å². The largest absolute Gasteiger partial charge is 1.00 e. The minimum Gasteiger partial charge on any atom is -0.870 e. The third-order valence-corrected chi connectivity index (χ3v) is 7.25. The first-order chi connectivity index (χ1) is 18.0. The molecule has 2 N–H and O–H groups in total. The Kier molecular flexibility index (Phi) is 10.0. The Bertz CT molecular complexity index is 1710. The van der Waals surface area contributed by atoms with Crippen molar-refractivity contribution in [2.75, 3.05) is 12.4 Å². The van der Waals surface area contributed by atoms with Crippen LogP contribution in [0.3, 0.4) is 0 Å². The van der Waals surface area contributed by atoms with E-state index in [2.05, 4.69) is 15.5 Å². The van der Waals surface area contributed by atoms with Gasteiger partial charge in [-0.1, -0.05) is 66.2 Å². The topological polar surface area (TPSA) is 140 Å². The van der Waals surface area contributed by atoms with Crippen LogP contribution < -0.4 is 44.7 Å². The third-order valence-electron chi connectivity index (χ3n) is 5.70. The zero-order chi connectivity index (χ0) is 27.6. The molecule has 4 rings (SSSR count). The number of carbonyl (C=O) groups is 1. The van der Waals surface area contributed by atoms with Crippen LogP contribution in [0.4, 0.5) is 17.1 Å². The summed E-state index contributed by atoms with van der Waals surface area (Å²) in [4.78, 5) is 12.6. The molecule has 4 aromatic carbocycles. The van der Waals surface area contributed by atoms with E-state index in [1.807, 2.05) is 0 Å². The Morgan fingerprint density at radius 1 is 1.05 bits per heavy atom. The number of benzene rings is 4. The molecular formula is C26H20Cl2N3NaO6S. The number of nitrogens with one attached hydrogen (secondary N) is 1. The standard InChI is InChI=1S/C26H21Cl2N3O6S.Na/c1-3-14-12-20(22(13-19(14)28)38(34,35)36)30-31-23-16-8-5-4-7-15(16)11-17(25(23)32)26(33)29-24-18(27)9-6-10-21(24)37-2;/h4-13,32H,3H2,1-2H3,(H,29,33)(H,34,35,36);/q;+1/p-1. The van der Waals surface area contributed by atoms with Gasteiger partial charge in [-0.25, -0.2) is 0 Å². The summed E-state index contributed by atoms with van der Waals surface area (Å²) in [6.07, 6.45) is 0.448. The Morgan fingerprint density at radius 2 is 1.77 bits per heavy atom. The minimum absolute atomic E-state index is 0. The fourth-order valence-electron chi connectivity index (χ4n) is 3.80. The Labute approximate surface area is 256 Å². The Morgan fingerprint density at radius 3 is 2.44 bits per heavy atom. The second-order valence-electron chi connectivity index (χ2n) is 8.03. The third kappa shape index (κ3) is 6.55. The molecule has 0 aliphatic rings. The number of para-hydroxylation sites is 1. The van der Waals surface area contributed by atoms with Crippen LogP contribution in [0.1, 0.15) is 22.8 Å². The molecule has 0 bridgehead atoms. The first kappa shape index (κ1) is 30.8. The summed E-state index contributed by atoms with van der Waals surface area (Å²) < 4.78 is 38.8. The number of anilines is 1. The predicted molar refractivity (Wildman–Crippen MR) is 144 cm³/mol. The summed E-state index contributed by atoms with van der Waals surface area (Å²) in [5.74, 6) is -1.22. The number of methoxy groups -OCH3 is 1. The maximum absolute atomic E-state index is 13.5. The van der Waals surface area contributed by atoms with Crippen LogP contribution in [0.5, 0.6) is 11.5 Å². The van der Waals surface area contributed by atoms with Crippen molar-refractivity contribution in [3.05, 3.63) is 81.8 Å². The molecule has 1 amide bonds. The van der Waals surface area contributed by atoms with Gasteiger partial charge in [0.1, 0.15) is 22.0 Å². The Balaban J connectivity index is 0.00000420. The van der Waals surface area contributed by atoms with Gasteiger partial charge in [-0.05, 0) is 47.7 Å². The second kappa shape index (κ2) is 12.6. The molecule has 0 spiro atoms. The monoisotopic (exact) mass is 595 g/mol. The molecular weight excluding hydrogens is 576 g/mol. The minimum atomic E-state index is -4.71. The van der Waals surface area contributed by atoms with Crippen molar-refractivity contribution in [1.82, 2.24) is 0 Å². The van der Waals surface area contributed by atoms with Crippen LogP contribution in [0.2, 0.25) is 10.0 Å². The van der Waals surface area contributed by atoms with E-state index in [0.29, 0.717) is 28.5 Å². The Hall–Kier alpha value is -2.70. The number of rotatable bonds is 7. The molecule has 0 aliphatic carbocycles. The van der Waals surface area contributed by atoms with Gasteiger partial charge in [0, 0.05) is 16.0 Å². The normalized spacial score (nSPS) is 11.4. The quantitative estimate of drug-likeness (QED) is 0.189. The van der Waals surface area contributed by atoms with Crippen molar-refractivity contribution in [3.63, 3.8) is 0 Å². The first-order valence-electron chi connectivity index (χ1n) is 11.1. The van der Waals surface area contributed by atoms with Crippen LogP contribution in [-0.2, 0) is 16.5 Å². The molecule has 4 aromatic rings. The van der Waals surface area contributed by atoms with Gasteiger partial charge in [-0.15, -0.1) is 5.11 Å². The SMILES string of the molecule is CCc1cc(N=Nc2c([O-])c(C(=O)Nc3c(Cl)cccc3OC)cc3ccccc23)c(S(=O)(=O)O)cc1Cl.[Na+]. The van der Waals surface area contributed by atoms with Crippen LogP contribution in [0.15, 0.2) is 75.8 Å². The van der Waals surface area contributed by atoms with Crippen molar-refractivity contribution >= 4 is 67.1 Å². The molecule has 0 aliphatic heterocycles. The molecule has 196 valence electrons. The van der Waals surface area contributed by atoms with Crippen LogP contribution in [0.25, 0.3) is 10.8 Å². The molecule has 0 saturated heterocycles. The zero-order valence-corrected chi connectivity index (χ0v) is 25.4. The van der Waals surface area contributed by atoms with Crippen molar-refractivity contribution in [3.8, 4) is 11.5 Å². The molecule has 39 heavy (non-hydrogen) atoms. The average Bonchev–Trinajstić information content (AvgIpc) is 2.88. The number of hydrogen-bond acceptors (Lipinski definition) is 7. The first-order valence-corrected chi connectivity index (χ1v) is 13.3. The number of azo groups is 1. The number of carbonyl (C=O) groups excluding carboxylic acids is 1. The van der Waals surface area contributed by atoms with Gasteiger partial charge in [0.25, 0.3) is 16.0 Å². The van der Waals surface area contributed by atoms with E-state index in [1.165, 1.54) is 19.2 Å². The molecule has 0 heterocycles. The van der Waals surface area contributed by atoms with Gasteiger partial charge in [0.15, 0.2) is 0 Å². The summed E-state index contributed by atoms with van der Waals surface area (Å²) in [7, 11) is -3.30. The van der Waals surface area contributed by atoms with E-state index in [1.54, 1.807) is 49.4 Å². The fraction of sp³-hybridized carbons (Fsp3) is 0.115.